The summed E-state index contributed by atoms with van der Waals surface area (Å²) in [5, 5.41) is 3.32. The molecule has 104 valence electrons. The number of aryl methyl sites for hydroxylation is 1. The normalized spacial score (nSPS) is 23.3. The number of rotatable bonds is 2. The van der Waals surface area contributed by atoms with Crippen molar-refractivity contribution in [2.45, 2.75) is 40.3 Å². The smallest absolute Gasteiger partial charge is 0.239 e. The van der Waals surface area contributed by atoms with Gasteiger partial charge >= 0.3 is 0 Å². The monoisotopic (exact) mass is 260 g/mol. The summed E-state index contributed by atoms with van der Waals surface area (Å²) in [6, 6.07) is 8.33. The van der Waals surface area contributed by atoms with Crippen LogP contribution in [-0.2, 0) is 11.3 Å². The highest BCUT2D eigenvalue weighted by atomic mass is 16.2. The van der Waals surface area contributed by atoms with Gasteiger partial charge in [0.2, 0.25) is 5.91 Å². The molecule has 3 nitrogen and oxygen atoms in total. The van der Waals surface area contributed by atoms with Gasteiger partial charge < -0.3 is 10.2 Å². The van der Waals surface area contributed by atoms with Crippen molar-refractivity contribution in [3.63, 3.8) is 0 Å². The Bertz CT molecular complexity index is 450. The molecule has 1 aliphatic rings. The fourth-order valence-electron chi connectivity index (χ4n) is 2.49. The molecular formula is C16H24N2O. The number of benzene rings is 1. The van der Waals surface area contributed by atoms with E-state index < -0.39 is 0 Å². The maximum atomic E-state index is 12.4. The van der Waals surface area contributed by atoms with E-state index >= 15 is 0 Å². The van der Waals surface area contributed by atoms with E-state index in [9.17, 15) is 4.79 Å². The lowest BCUT2D eigenvalue weighted by Crippen LogP contribution is -2.41. The highest BCUT2D eigenvalue weighted by Crippen LogP contribution is 2.21. The maximum absolute atomic E-state index is 12.4. The Balaban J connectivity index is 2.15. The number of nitrogens with zero attached hydrogens (tertiary/aromatic N) is 1. The first kappa shape index (κ1) is 14.1. The molecule has 1 saturated heterocycles. The highest BCUT2D eigenvalue weighted by molar-refractivity contribution is 5.81. The first-order valence-corrected chi connectivity index (χ1v) is 6.95. The molecule has 1 atom stereocenters. The summed E-state index contributed by atoms with van der Waals surface area (Å²) in [6.07, 6.45) is 0. The third-order valence-corrected chi connectivity index (χ3v) is 3.68. The quantitative estimate of drug-likeness (QED) is 0.885. The Labute approximate surface area is 116 Å². The molecule has 0 bridgehead atoms. The predicted octanol–water partition coefficient (Wildman–Crippen LogP) is 2.34. The third kappa shape index (κ3) is 3.57. The summed E-state index contributed by atoms with van der Waals surface area (Å²) in [5.74, 6) is 0.200. The molecule has 1 aromatic carbocycles. The van der Waals surface area contributed by atoms with E-state index in [4.69, 9.17) is 0 Å². The van der Waals surface area contributed by atoms with Crippen molar-refractivity contribution < 1.29 is 4.79 Å². The Hall–Kier alpha value is -1.35. The molecule has 2 rings (SSSR count). The fourth-order valence-corrected chi connectivity index (χ4v) is 2.49. The molecule has 0 aliphatic carbocycles. The first-order chi connectivity index (χ1) is 8.87. The largest absolute Gasteiger partial charge is 0.336 e. The van der Waals surface area contributed by atoms with E-state index in [-0.39, 0.29) is 17.4 Å². The second-order valence-electron chi connectivity index (χ2n) is 6.45. The molecule has 1 unspecified atom stereocenters. The standard InChI is InChI=1S/C16H24N2O/c1-12-5-7-14(8-6-12)9-18-11-16(3,4)10-17-13(2)15(18)19/h5-8,13,17H,9-11H2,1-4H3. The van der Waals surface area contributed by atoms with E-state index in [1.807, 2.05) is 11.8 Å². The maximum Gasteiger partial charge on any atom is 0.239 e. The van der Waals surface area contributed by atoms with Crippen LogP contribution < -0.4 is 5.32 Å². The summed E-state index contributed by atoms with van der Waals surface area (Å²) < 4.78 is 0. The zero-order chi connectivity index (χ0) is 14.0. The molecular weight excluding hydrogens is 236 g/mol. The van der Waals surface area contributed by atoms with Crippen molar-refractivity contribution in [3.05, 3.63) is 35.4 Å². The van der Waals surface area contributed by atoms with Gasteiger partial charge in [-0.1, -0.05) is 43.7 Å². The van der Waals surface area contributed by atoms with Crippen LogP contribution in [0.1, 0.15) is 31.9 Å². The molecule has 0 saturated carbocycles. The van der Waals surface area contributed by atoms with Crippen LogP contribution in [0, 0.1) is 12.3 Å². The Morgan fingerprint density at radius 3 is 2.58 bits per heavy atom. The summed E-state index contributed by atoms with van der Waals surface area (Å²) in [7, 11) is 0. The van der Waals surface area contributed by atoms with Crippen molar-refractivity contribution in [1.29, 1.82) is 0 Å². The number of nitrogens with one attached hydrogen (secondary N) is 1. The zero-order valence-corrected chi connectivity index (χ0v) is 12.4. The zero-order valence-electron chi connectivity index (χ0n) is 12.4. The Kier molecular flexibility index (Phi) is 3.95. The van der Waals surface area contributed by atoms with Crippen LogP contribution >= 0.6 is 0 Å². The highest BCUT2D eigenvalue weighted by Gasteiger charge is 2.32. The Morgan fingerprint density at radius 2 is 1.95 bits per heavy atom. The number of hydrogen-bond donors (Lipinski definition) is 1. The number of carbonyl (C=O) groups excluding carboxylic acids is 1. The van der Waals surface area contributed by atoms with Crippen LogP contribution in [0.3, 0.4) is 0 Å². The van der Waals surface area contributed by atoms with Crippen molar-refractivity contribution >= 4 is 5.91 Å². The number of carbonyl (C=O) groups is 1. The van der Waals surface area contributed by atoms with Gasteiger partial charge in [-0.25, -0.2) is 0 Å². The summed E-state index contributed by atoms with van der Waals surface area (Å²) in [4.78, 5) is 14.3. The van der Waals surface area contributed by atoms with Crippen LogP contribution in [0.4, 0.5) is 0 Å². The van der Waals surface area contributed by atoms with Gasteiger partial charge in [-0.15, -0.1) is 0 Å². The van der Waals surface area contributed by atoms with Crippen LogP contribution in [0.2, 0.25) is 0 Å². The Morgan fingerprint density at radius 1 is 1.32 bits per heavy atom. The number of amides is 1. The minimum absolute atomic E-state index is 0.0905. The SMILES string of the molecule is Cc1ccc(CN2CC(C)(C)CNC(C)C2=O)cc1. The van der Waals surface area contributed by atoms with Crippen molar-refractivity contribution in [3.8, 4) is 0 Å². The average molecular weight is 260 g/mol. The van der Waals surface area contributed by atoms with Crippen LogP contribution in [0.25, 0.3) is 0 Å². The molecule has 1 aliphatic heterocycles. The molecule has 1 fully saturated rings. The minimum Gasteiger partial charge on any atom is -0.336 e. The van der Waals surface area contributed by atoms with Crippen molar-refractivity contribution in [1.82, 2.24) is 10.2 Å². The van der Waals surface area contributed by atoms with E-state index in [0.717, 1.165) is 13.1 Å². The molecule has 1 amide bonds. The van der Waals surface area contributed by atoms with Crippen molar-refractivity contribution in [2.75, 3.05) is 13.1 Å². The molecule has 1 N–H and O–H groups in total. The summed E-state index contributed by atoms with van der Waals surface area (Å²) >= 11 is 0. The molecule has 0 radical (unpaired) electrons. The van der Waals surface area contributed by atoms with Crippen LogP contribution in [0.5, 0.6) is 0 Å². The van der Waals surface area contributed by atoms with E-state index in [1.54, 1.807) is 0 Å². The van der Waals surface area contributed by atoms with Crippen molar-refractivity contribution in [2.24, 2.45) is 5.41 Å². The minimum atomic E-state index is -0.0905. The van der Waals surface area contributed by atoms with Gasteiger partial charge in [0, 0.05) is 19.6 Å². The van der Waals surface area contributed by atoms with Crippen LogP contribution in [-0.4, -0.2) is 29.9 Å². The average Bonchev–Trinajstić information content (AvgIpc) is 2.45. The molecule has 0 aromatic heterocycles. The summed E-state index contributed by atoms with van der Waals surface area (Å²) in [5.41, 5.74) is 2.57. The van der Waals surface area contributed by atoms with E-state index in [1.165, 1.54) is 11.1 Å². The molecule has 19 heavy (non-hydrogen) atoms. The molecule has 1 heterocycles. The molecule has 1 aromatic rings. The topological polar surface area (TPSA) is 32.3 Å². The lowest BCUT2D eigenvalue weighted by Gasteiger charge is -2.29. The van der Waals surface area contributed by atoms with Gasteiger partial charge in [0.05, 0.1) is 6.04 Å². The second kappa shape index (κ2) is 5.33. The van der Waals surface area contributed by atoms with Gasteiger partial charge in [-0.3, -0.25) is 4.79 Å². The van der Waals surface area contributed by atoms with Crippen LogP contribution in [0.15, 0.2) is 24.3 Å². The van der Waals surface area contributed by atoms with Gasteiger partial charge in [-0.05, 0) is 24.8 Å². The van der Waals surface area contributed by atoms with Gasteiger partial charge in [0.25, 0.3) is 0 Å². The van der Waals surface area contributed by atoms with E-state index in [0.29, 0.717) is 6.54 Å². The van der Waals surface area contributed by atoms with Gasteiger partial charge in [0.15, 0.2) is 0 Å². The lowest BCUT2D eigenvalue weighted by atomic mass is 9.93. The fraction of sp³-hybridized carbons (Fsp3) is 0.562. The number of hydrogen-bond acceptors (Lipinski definition) is 2. The van der Waals surface area contributed by atoms with Gasteiger partial charge in [-0.2, -0.15) is 0 Å². The summed E-state index contributed by atoms with van der Waals surface area (Å²) in [6.45, 7) is 10.8. The van der Waals surface area contributed by atoms with E-state index in [2.05, 4.69) is 50.4 Å². The molecule has 3 heteroatoms. The van der Waals surface area contributed by atoms with Gasteiger partial charge in [0.1, 0.15) is 0 Å². The third-order valence-electron chi connectivity index (χ3n) is 3.68. The second-order valence-corrected chi connectivity index (χ2v) is 6.45. The molecule has 0 spiro atoms. The lowest BCUT2D eigenvalue weighted by molar-refractivity contribution is -0.133. The predicted molar refractivity (Wildman–Crippen MR) is 77.8 cm³/mol. The first-order valence-electron chi connectivity index (χ1n) is 6.95.